The molecule has 0 saturated carbocycles. The standard InChI is InChI=1S/C11H10F8O4/c1-3-5(20)4-6(21)8(12,13)10(16,17)11(18,19)9(14,15)7(22)23-2/h3-4H2,1-2H3. The van der Waals surface area contributed by atoms with Gasteiger partial charge in [-0.2, -0.15) is 35.1 Å². The molecule has 0 heterocycles. The zero-order valence-electron chi connectivity index (χ0n) is 11.6. The number of esters is 1. The van der Waals surface area contributed by atoms with Crippen LogP contribution in [-0.2, 0) is 19.1 Å². The van der Waals surface area contributed by atoms with Gasteiger partial charge in [0, 0.05) is 6.42 Å². The minimum Gasteiger partial charge on any atom is -0.464 e. The number of ether oxygens (including phenoxy) is 1. The van der Waals surface area contributed by atoms with Crippen molar-refractivity contribution in [1.29, 1.82) is 0 Å². The molecule has 0 unspecified atom stereocenters. The topological polar surface area (TPSA) is 60.4 Å². The molecule has 0 rings (SSSR count). The number of alkyl halides is 8. The van der Waals surface area contributed by atoms with Gasteiger partial charge in [-0.3, -0.25) is 9.59 Å². The van der Waals surface area contributed by atoms with Crippen molar-refractivity contribution in [3.05, 3.63) is 0 Å². The zero-order valence-corrected chi connectivity index (χ0v) is 11.6. The maximum absolute atomic E-state index is 13.3. The fourth-order valence-corrected chi connectivity index (χ4v) is 1.24. The number of rotatable bonds is 8. The average molecular weight is 358 g/mol. The molecule has 0 aliphatic carbocycles. The third-order valence-electron chi connectivity index (χ3n) is 2.73. The van der Waals surface area contributed by atoms with Crippen molar-refractivity contribution in [2.24, 2.45) is 0 Å². The second-order valence-corrected chi connectivity index (χ2v) is 4.28. The summed E-state index contributed by atoms with van der Waals surface area (Å²) >= 11 is 0. The van der Waals surface area contributed by atoms with Crippen molar-refractivity contribution in [3.63, 3.8) is 0 Å². The van der Waals surface area contributed by atoms with E-state index in [9.17, 15) is 49.5 Å². The van der Waals surface area contributed by atoms with Gasteiger partial charge in [0.05, 0.1) is 13.5 Å². The molecule has 0 N–H and O–H groups in total. The molecule has 4 nitrogen and oxygen atoms in total. The van der Waals surface area contributed by atoms with Crippen molar-refractivity contribution < 1.29 is 54.2 Å². The fourth-order valence-electron chi connectivity index (χ4n) is 1.24. The van der Waals surface area contributed by atoms with Gasteiger partial charge in [0.2, 0.25) is 5.78 Å². The van der Waals surface area contributed by atoms with Crippen molar-refractivity contribution >= 4 is 17.5 Å². The Morgan fingerprint density at radius 3 is 1.57 bits per heavy atom. The number of carbonyl (C=O) groups is 3. The predicted octanol–water partition coefficient (Wildman–Crippen LogP) is 2.64. The van der Waals surface area contributed by atoms with Crippen LogP contribution in [0.25, 0.3) is 0 Å². The summed E-state index contributed by atoms with van der Waals surface area (Å²) in [5, 5.41) is 0. The summed E-state index contributed by atoms with van der Waals surface area (Å²) in [4.78, 5) is 32.2. The normalized spacial score (nSPS) is 13.7. The van der Waals surface area contributed by atoms with E-state index in [1.165, 1.54) is 0 Å². The molecular formula is C11H10F8O4. The molecule has 0 aromatic carbocycles. The molecule has 0 aliphatic heterocycles. The highest BCUT2D eigenvalue weighted by Gasteiger charge is 2.84. The summed E-state index contributed by atoms with van der Waals surface area (Å²) in [5.41, 5.74) is 0. The number of carbonyl (C=O) groups excluding carboxylic acids is 3. The SMILES string of the molecule is CCC(=O)CC(=O)C(F)(F)C(F)(F)C(F)(F)C(F)(F)C(=O)OC. The van der Waals surface area contributed by atoms with Crippen LogP contribution in [0.2, 0.25) is 0 Å². The lowest BCUT2D eigenvalue weighted by molar-refractivity contribution is -0.350. The van der Waals surface area contributed by atoms with E-state index in [0.717, 1.165) is 6.92 Å². The smallest absolute Gasteiger partial charge is 0.410 e. The zero-order chi connectivity index (χ0) is 18.9. The van der Waals surface area contributed by atoms with Crippen LogP contribution in [-0.4, -0.2) is 48.3 Å². The third kappa shape index (κ3) is 3.29. The molecule has 0 spiro atoms. The largest absolute Gasteiger partial charge is 0.464 e. The van der Waals surface area contributed by atoms with Gasteiger partial charge in [-0.05, 0) is 0 Å². The van der Waals surface area contributed by atoms with Crippen LogP contribution in [0.1, 0.15) is 19.8 Å². The quantitative estimate of drug-likeness (QED) is 0.380. The molecule has 0 saturated heterocycles. The highest BCUT2D eigenvalue weighted by Crippen LogP contribution is 2.53. The van der Waals surface area contributed by atoms with E-state index < -0.39 is 54.1 Å². The number of hydrogen-bond acceptors (Lipinski definition) is 4. The Labute approximate surface area is 123 Å². The molecule has 0 aromatic heterocycles. The van der Waals surface area contributed by atoms with E-state index in [4.69, 9.17) is 0 Å². The van der Waals surface area contributed by atoms with Gasteiger partial charge in [-0.1, -0.05) is 6.92 Å². The molecule has 12 heteroatoms. The lowest BCUT2D eigenvalue weighted by Gasteiger charge is -2.34. The fraction of sp³-hybridized carbons (Fsp3) is 0.727. The van der Waals surface area contributed by atoms with E-state index in [1.807, 2.05) is 0 Å². The van der Waals surface area contributed by atoms with Crippen molar-refractivity contribution in [2.75, 3.05) is 7.11 Å². The monoisotopic (exact) mass is 358 g/mol. The van der Waals surface area contributed by atoms with Crippen LogP contribution in [0.3, 0.4) is 0 Å². The van der Waals surface area contributed by atoms with Crippen LogP contribution in [0.15, 0.2) is 0 Å². The van der Waals surface area contributed by atoms with Gasteiger partial charge in [-0.15, -0.1) is 0 Å². The molecule has 0 atom stereocenters. The maximum atomic E-state index is 13.3. The van der Waals surface area contributed by atoms with Crippen LogP contribution in [0.4, 0.5) is 35.1 Å². The van der Waals surface area contributed by atoms with Gasteiger partial charge in [0.25, 0.3) is 0 Å². The van der Waals surface area contributed by atoms with Gasteiger partial charge in [-0.25, -0.2) is 4.79 Å². The van der Waals surface area contributed by atoms with Crippen LogP contribution in [0.5, 0.6) is 0 Å². The first-order valence-electron chi connectivity index (χ1n) is 5.75. The Kier molecular flexibility index (Phi) is 5.91. The third-order valence-corrected chi connectivity index (χ3v) is 2.73. The summed E-state index contributed by atoms with van der Waals surface area (Å²) in [6.07, 6.45) is -2.42. The molecule has 134 valence electrons. The molecule has 0 aliphatic rings. The first-order chi connectivity index (χ1) is 10.1. The van der Waals surface area contributed by atoms with Gasteiger partial charge in [0.1, 0.15) is 5.78 Å². The summed E-state index contributed by atoms with van der Waals surface area (Å²) in [6, 6.07) is 0. The Hall–Kier alpha value is -1.75. The minimum absolute atomic E-state index is 0.133. The number of halogens is 8. The van der Waals surface area contributed by atoms with E-state index >= 15 is 0 Å². The maximum Gasteiger partial charge on any atom is 0.410 e. The lowest BCUT2D eigenvalue weighted by atomic mass is 9.93. The first kappa shape index (κ1) is 21.2. The first-order valence-corrected chi connectivity index (χ1v) is 5.75. The highest BCUT2D eigenvalue weighted by atomic mass is 19.4. The highest BCUT2D eigenvalue weighted by molar-refractivity contribution is 6.02. The number of hydrogen-bond donors (Lipinski definition) is 0. The van der Waals surface area contributed by atoms with Crippen molar-refractivity contribution in [3.8, 4) is 0 Å². The molecule has 0 radical (unpaired) electrons. The Morgan fingerprint density at radius 1 is 0.826 bits per heavy atom. The molecule has 23 heavy (non-hydrogen) atoms. The second-order valence-electron chi connectivity index (χ2n) is 4.28. The summed E-state index contributed by atoms with van der Waals surface area (Å²) in [5.74, 6) is -34.1. The van der Waals surface area contributed by atoms with E-state index in [-0.39, 0.29) is 7.11 Å². The van der Waals surface area contributed by atoms with E-state index in [0.29, 0.717) is 0 Å². The van der Waals surface area contributed by atoms with Crippen molar-refractivity contribution in [1.82, 2.24) is 0 Å². The van der Waals surface area contributed by atoms with E-state index in [1.54, 1.807) is 0 Å². The Balaban J connectivity index is 5.88. The summed E-state index contributed by atoms with van der Waals surface area (Å²) in [6.45, 7) is 1.06. The lowest BCUT2D eigenvalue weighted by Crippen LogP contribution is -2.66. The van der Waals surface area contributed by atoms with E-state index in [2.05, 4.69) is 4.74 Å². The van der Waals surface area contributed by atoms with Gasteiger partial charge in [0.15, 0.2) is 0 Å². The molecule has 0 aromatic rings. The Bertz CT molecular complexity index is 500. The summed E-state index contributed by atoms with van der Waals surface area (Å²) in [7, 11) is 0.133. The minimum atomic E-state index is -6.96. The second kappa shape index (κ2) is 6.40. The molecule has 0 fully saturated rings. The Morgan fingerprint density at radius 2 is 1.22 bits per heavy atom. The number of methoxy groups -OCH3 is 1. The molecule has 0 bridgehead atoms. The summed E-state index contributed by atoms with van der Waals surface area (Å²) < 4.78 is 109. The predicted molar refractivity (Wildman–Crippen MR) is 56.7 cm³/mol. The van der Waals surface area contributed by atoms with Crippen LogP contribution in [0, 0.1) is 0 Å². The average Bonchev–Trinajstić information content (AvgIpc) is 2.44. The molecule has 0 amide bonds. The van der Waals surface area contributed by atoms with Crippen molar-refractivity contribution in [2.45, 2.75) is 43.5 Å². The van der Waals surface area contributed by atoms with Gasteiger partial charge < -0.3 is 4.74 Å². The number of ketones is 2. The van der Waals surface area contributed by atoms with Crippen LogP contribution < -0.4 is 0 Å². The van der Waals surface area contributed by atoms with Crippen LogP contribution >= 0.6 is 0 Å². The molecular weight excluding hydrogens is 348 g/mol. The van der Waals surface area contributed by atoms with Gasteiger partial charge >= 0.3 is 29.7 Å². The number of Topliss-reactive ketones (excluding diaryl/α,β-unsaturated/α-hetero) is 2.